The van der Waals surface area contributed by atoms with Gasteiger partial charge in [-0.2, -0.15) is 0 Å². The fourth-order valence-electron chi connectivity index (χ4n) is 1.60. The Bertz CT molecular complexity index is 450. The van der Waals surface area contributed by atoms with Gasteiger partial charge in [0.05, 0.1) is 0 Å². The monoisotopic (exact) mass is 285 g/mol. The van der Waals surface area contributed by atoms with Crippen molar-refractivity contribution in [2.24, 2.45) is 0 Å². The van der Waals surface area contributed by atoms with E-state index in [-0.39, 0.29) is 25.4 Å². The van der Waals surface area contributed by atoms with Gasteiger partial charge in [-0.15, -0.1) is 0 Å². The predicted molar refractivity (Wildman–Crippen MR) is 71.0 cm³/mol. The van der Waals surface area contributed by atoms with E-state index in [2.05, 4.69) is 5.32 Å². The summed E-state index contributed by atoms with van der Waals surface area (Å²) >= 11 is 5.95. The molecular weight excluding hydrogens is 270 g/mol. The van der Waals surface area contributed by atoms with Crippen LogP contribution in [0.2, 0.25) is 5.02 Å². The highest BCUT2D eigenvalue weighted by Crippen LogP contribution is 2.16. The van der Waals surface area contributed by atoms with Crippen molar-refractivity contribution in [2.45, 2.75) is 25.3 Å². The van der Waals surface area contributed by atoms with Crippen LogP contribution in [0, 0.1) is 0 Å². The van der Waals surface area contributed by atoms with Gasteiger partial charge in [-0.3, -0.25) is 4.79 Å². The Balaban J connectivity index is 2.47. The molecule has 0 fully saturated rings. The van der Waals surface area contributed by atoms with Gasteiger partial charge in [0.25, 0.3) is 0 Å². The number of aliphatic hydroxyl groups excluding tert-OH is 1. The van der Waals surface area contributed by atoms with E-state index in [1.807, 2.05) is 12.1 Å². The second kappa shape index (κ2) is 7.76. The molecule has 0 heterocycles. The highest BCUT2D eigenvalue weighted by atomic mass is 35.5. The van der Waals surface area contributed by atoms with Crippen LogP contribution in [0.25, 0.3) is 0 Å². The number of hydrogen-bond donors (Lipinski definition) is 3. The summed E-state index contributed by atoms with van der Waals surface area (Å²) in [6, 6.07) is 6.13. The molecule has 5 nitrogen and oxygen atoms in total. The summed E-state index contributed by atoms with van der Waals surface area (Å²) in [5, 5.41) is 20.5. The number of aryl methyl sites for hydroxylation is 1. The number of carbonyl (C=O) groups excluding carboxylic acids is 1. The first-order valence-corrected chi connectivity index (χ1v) is 6.29. The number of carboxylic acid groups (broad SMARTS) is 1. The molecule has 0 spiro atoms. The van der Waals surface area contributed by atoms with Gasteiger partial charge in [-0.05, 0) is 18.1 Å². The quantitative estimate of drug-likeness (QED) is 0.703. The van der Waals surface area contributed by atoms with Crippen LogP contribution < -0.4 is 5.32 Å². The Morgan fingerprint density at radius 2 is 2.00 bits per heavy atom. The minimum atomic E-state index is -1.15. The number of aliphatic carboxylic acids is 1. The van der Waals surface area contributed by atoms with Crippen LogP contribution in [0.4, 0.5) is 0 Å². The van der Waals surface area contributed by atoms with Gasteiger partial charge >= 0.3 is 5.97 Å². The molecule has 104 valence electrons. The fourth-order valence-corrected chi connectivity index (χ4v) is 1.83. The van der Waals surface area contributed by atoms with Crippen LogP contribution in [0.15, 0.2) is 24.3 Å². The molecule has 0 radical (unpaired) electrons. The maximum absolute atomic E-state index is 11.6. The van der Waals surface area contributed by atoms with Crippen molar-refractivity contribution in [3.8, 4) is 0 Å². The minimum Gasteiger partial charge on any atom is -0.480 e. The Morgan fingerprint density at radius 1 is 1.32 bits per heavy atom. The fraction of sp³-hybridized carbons (Fsp3) is 0.385. The van der Waals surface area contributed by atoms with Gasteiger partial charge in [0, 0.05) is 24.5 Å². The molecule has 1 aromatic rings. The Morgan fingerprint density at radius 3 is 2.58 bits per heavy atom. The van der Waals surface area contributed by atoms with Crippen LogP contribution in [0.3, 0.4) is 0 Å². The predicted octanol–water partition coefficient (Wildman–Crippen LogP) is 1.22. The minimum absolute atomic E-state index is 0.00678. The highest BCUT2D eigenvalue weighted by Gasteiger charge is 2.18. The molecular formula is C13H16ClNO4. The molecule has 3 N–H and O–H groups in total. The number of amides is 1. The van der Waals surface area contributed by atoms with E-state index in [9.17, 15) is 9.59 Å². The average Bonchev–Trinajstić information content (AvgIpc) is 2.37. The van der Waals surface area contributed by atoms with Gasteiger partial charge in [0.15, 0.2) is 0 Å². The average molecular weight is 286 g/mol. The number of benzene rings is 1. The number of carboxylic acids is 1. The molecule has 0 aliphatic rings. The van der Waals surface area contributed by atoms with Crippen molar-refractivity contribution in [1.82, 2.24) is 5.32 Å². The topological polar surface area (TPSA) is 86.6 Å². The molecule has 0 aliphatic heterocycles. The summed E-state index contributed by atoms with van der Waals surface area (Å²) in [5.74, 6) is -1.53. The smallest absolute Gasteiger partial charge is 0.326 e. The summed E-state index contributed by atoms with van der Waals surface area (Å²) in [4.78, 5) is 22.4. The van der Waals surface area contributed by atoms with Crippen molar-refractivity contribution in [1.29, 1.82) is 0 Å². The van der Waals surface area contributed by atoms with Crippen molar-refractivity contribution < 1.29 is 19.8 Å². The van der Waals surface area contributed by atoms with E-state index in [0.717, 1.165) is 5.56 Å². The summed E-state index contributed by atoms with van der Waals surface area (Å²) in [7, 11) is 0. The standard InChI is InChI=1S/C13H16ClNO4/c14-10-4-2-1-3-9(10)5-6-12(17)15-11(7-8-16)13(18)19/h1-4,11,16H,5-8H2,(H,15,17)(H,18,19)/t11-/m0/s1. The van der Waals surface area contributed by atoms with Crippen molar-refractivity contribution in [2.75, 3.05) is 6.61 Å². The van der Waals surface area contributed by atoms with E-state index < -0.39 is 12.0 Å². The molecule has 1 rings (SSSR count). The van der Waals surface area contributed by atoms with E-state index in [1.165, 1.54) is 0 Å². The van der Waals surface area contributed by atoms with Gasteiger partial charge in [-0.1, -0.05) is 29.8 Å². The number of hydrogen-bond acceptors (Lipinski definition) is 3. The first-order valence-electron chi connectivity index (χ1n) is 5.91. The third-order valence-corrected chi connectivity index (χ3v) is 3.00. The second-order valence-electron chi connectivity index (χ2n) is 4.06. The lowest BCUT2D eigenvalue weighted by molar-refractivity contribution is -0.142. The Hall–Kier alpha value is -1.59. The Kier molecular flexibility index (Phi) is 6.32. The second-order valence-corrected chi connectivity index (χ2v) is 4.47. The lowest BCUT2D eigenvalue weighted by Gasteiger charge is -2.13. The van der Waals surface area contributed by atoms with E-state index in [4.69, 9.17) is 21.8 Å². The number of carbonyl (C=O) groups is 2. The van der Waals surface area contributed by atoms with Crippen LogP contribution in [0.5, 0.6) is 0 Å². The third kappa shape index (κ3) is 5.28. The SMILES string of the molecule is O=C(CCc1ccccc1Cl)N[C@@H](CCO)C(=O)O. The van der Waals surface area contributed by atoms with E-state index in [0.29, 0.717) is 11.4 Å². The van der Waals surface area contributed by atoms with Crippen molar-refractivity contribution in [3.63, 3.8) is 0 Å². The molecule has 6 heteroatoms. The molecule has 1 amide bonds. The molecule has 19 heavy (non-hydrogen) atoms. The first-order chi connectivity index (χ1) is 9.04. The van der Waals surface area contributed by atoms with Gasteiger partial charge in [0.2, 0.25) is 5.91 Å². The van der Waals surface area contributed by atoms with Crippen LogP contribution >= 0.6 is 11.6 Å². The van der Waals surface area contributed by atoms with Crippen LogP contribution in [-0.2, 0) is 16.0 Å². The highest BCUT2D eigenvalue weighted by molar-refractivity contribution is 6.31. The molecule has 0 aromatic heterocycles. The first kappa shape index (κ1) is 15.5. The molecule has 0 saturated carbocycles. The van der Waals surface area contributed by atoms with Crippen LogP contribution in [0.1, 0.15) is 18.4 Å². The van der Waals surface area contributed by atoms with E-state index >= 15 is 0 Å². The zero-order valence-electron chi connectivity index (χ0n) is 10.3. The summed E-state index contributed by atoms with van der Waals surface area (Å²) in [6.45, 7) is -0.290. The van der Waals surface area contributed by atoms with E-state index in [1.54, 1.807) is 12.1 Å². The van der Waals surface area contributed by atoms with Gasteiger partial charge in [0.1, 0.15) is 6.04 Å². The zero-order valence-corrected chi connectivity index (χ0v) is 11.1. The largest absolute Gasteiger partial charge is 0.480 e. The Labute approximate surface area is 116 Å². The van der Waals surface area contributed by atoms with Gasteiger partial charge in [-0.25, -0.2) is 4.79 Å². The van der Waals surface area contributed by atoms with Crippen LogP contribution in [-0.4, -0.2) is 34.7 Å². The summed E-state index contributed by atoms with van der Waals surface area (Å²) in [5.41, 5.74) is 0.841. The molecule has 0 saturated heterocycles. The normalized spacial score (nSPS) is 11.9. The third-order valence-electron chi connectivity index (χ3n) is 2.63. The summed E-state index contributed by atoms with van der Waals surface area (Å²) < 4.78 is 0. The number of halogens is 1. The number of rotatable bonds is 7. The zero-order chi connectivity index (χ0) is 14.3. The molecule has 0 unspecified atom stereocenters. The summed E-state index contributed by atoms with van der Waals surface area (Å²) in [6.07, 6.45) is 0.586. The maximum Gasteiger partial charge on any atom is 0.326 e. The van der Waals surface area contributed by atoms with Gasteiger partial charge < -0.3 is 15.5 Å². The van der Waals surface area contributed by atoms with Crippen molar-refractivity contribution >= 4 is 23.5 Å². The molecule has 1 atom stereocenters. The number of nitrogens with one attached hydrogen (secondary N) is 1. The maximum atomic E-state index is 11.6. The number of aliphatic hydroxyl groups is 1. The molecule has 1 aromatic carbocycles. The van der Waals surface area contributed by atoms with Crippen molar-refractivity contribution in [3.05, 3.63) is 34.9 Å². The lowest BCUT2D eigenvalue weighted by Crippen LogP contribution is -2.41. The molecule has 0 aliphatic carbocycles. The lowest BCUT2D eigenvalue weighted by atomic mass is 10.1. The molecule has 0 bridgehead atoms.